The van der Waals surface area contributed by atoms with Crippen molar-refractivity contribution in [3.8, 4) is 0 Å². The average molecular weight is 300 g/mol. The molecule has 2 aromatic heterocycles. The van der Waals surface area contributed by atoms with Crippen LogP contribution < -0.4 is 0 Å². The molecule has 0 aliphatic carbocycles. The van der Waals surface area contributed by atoms with Crippen LogP contribution in [0, 0.1) is 26.7 Å². The molecule has 0 N–H and O–H groups in total. The number of carbonyl (C=O) groups is 1. The average Bonchev–Trinajstić information content (AvgIpc) is 2.64. The van der Waals surface area contributed by atoms with Crippen LogP contribution in [0.15, 0.2) is 6.07 Å². The van der Waals surface area contributed by atoms with Gasteiger partial charge in [0.2, 0.25) is 0 Å². The summed E-state index contributed by atoms with van der Waals surface area (Å²) in [5.41, 5.74) is 4.06. The summed E-state index contributed by atoms with van der Waals surface area (Å²) >= 11 is 0. The number of carbonyl (C=O) groups excluding carboxylic acids is 1. The van der Waals surface area contributed by atoms with Crippen LogP contribution in [0.5, 0.6) is 0 Å². The summed E-state index contributed by atoms with van der Waals surface area (Å²) in [6, 6.07) is 1.99. The second-order valence-electron chi connectivity index (χ2n) is 6.56. The van der Waals surface area contributed by atoms with Crippen LogP contribution in [0.2, 0.25) is 0 Å². The van der Waals surface area contributed by atoms with Gasteiger partial charge in [-0.25, -0.2) is 9.50 Å². The lowest BCUT2D eigenvalue weighted by molar-refractivity contribution is 0.0761. The molecule has 0 spiro atoms. The van der Waals surface area contributed by atoms with Crippen molar-refractivity contribution in [1.82, 2.24) is 19.5 Å². The van der Waals surface area contributed by atoms with E-state index in [0.717, 1.165) is 43.0 Å². The number of aromatic nitrogens is 3. The van der Waals surface area contributed by atoms with E-state index < -0.39 is 0 Å². The Hall–Kier alpha value is -1.91. The Labute approximate surface area is 131 Å². The predicted octanol–water partition coefficient (Wildman–Crippen LogP) is 2.92. The molecular formula is C17H24N4O. The fourth-order valence-electron chi connectivity index (χ4n) is 3.30. The lowest BCUT2D eigenvalue weighted by Gasteiger charge is -2.20. The van der Waals surface area contributed by atoms with Crippen molar-refractivity contribution in [2.24, 2.45) is 5.92 Å². The zero-order valence-electron chi connectivity index (χ0n) is 13.9. The first-order valence-electron chi connectivity index (χ1n) is 8.10. The van der Waals surface area contributed by atoms with Gasteiger partial charge >= 0.3 is 0 Å². The van der Waals surface area contributed by atoms with E-state index in [2.05, 4.69) is 17.0 Å². The first-order valence-corrected chi connectivity index (χ1v) is 8.10. The summed E-state index contributed by atoms with van der Waals surface area (Å²) in [5.74, 6) is 0.782. The van der Waals surface area contributed by atoms with Crippen LogP contribution in [0.1, 0.15) is 53.6 Å². The minimum absolute atomic E-state index is 0.0825. The van der Waals surface area contributed by atoms with Crippen molar-refractivity contribution in [1.29, 1.82) is 0 Å². The molecule has 1 atom stereocenters. The minimum Gasteiger partial charge on any atom is -0.338 e. The third kappa shape index (κ3) is 2.60. The SMILES string of the molecule is Cc1cc(C)n2nc(C)c(C(=O)N3CCC[C@@H](C)CC3)c2n1. The van der Waals surface area contributed by atoms with Gasteiger partial charge in [-0.05, 0) is 52.0 Å². The zero-order valence-corrected chi connectivity index (χ0v) is 13.9. The predicted molar refractivity (Wildman–Crippen MR) is 86.1 cm³/mol. The molecule has 5 heteroatoms. The smallest absolute Gasteiger partial charge is 0.259 e. The maximum atomic E-state index is 13.0. The Balaban J connectivity index is 2.02. The molecule has 2 aromatic rings. The van der Waals surface area contributed by atoms with Gasteiger partial charge in [-0.1, -0.05) is 6.92 Å². The van der Waals surface area contributed by atoms with Crippen LogP contribution in [0.3, 0.4) is 0 Å². The molecule has 3 rings (SSSR count). The number of aryl methyl sites for hydroxylation is 3. The Morgan fingerprint density at radius 1 is 1.23 bits per heavy atom. The van der Waals surface area contributed by atoms with Crippen molar-refractivity contribution in [2.45, 2.75) is 47.0 Å². The molecule has 1 aliphatic heterocycles. The molecule has 0 bridgehead atoms. The van der Waals surface area contributed by atoms with E-state index in [4.69, 9.17) is 0 Å². The normalized spacial score (nSPS) is 19.5. The van der Waals surface area contributed by atoms with Crippen LogP contribution in [0.4, 0.5) is 0 Å². The van der Waals surface area contributed by atoms with E-state index in [9.17, 15) is 4.79 Å². The second-order valence-corrected chi connectivity index (χ2v) is 6.56. The summed E-state index contributed by atoms with van der Waals surface area (Å²) < 4.78 is 1.79. The Kier molecular flexibility index (Phi) is 3.89. The molecule has 0 saturated carbocycles. The van der Waals surface area contributed by atoms with Gasteiger partial charge in [-0.2, -0.15) is 5.10 Å². The number of hydrogen-bond acceptors (Lipinski definition) is 3. The maximum Gasteiger partial charge on any atom is 0.259 e. The maximum absolute atomic E-state index is 13.0. The number of fused-ring (bicyclic) bond motifs is 1. The van der Waals surface area contributed by atoms with E-state index in [0.29, 0.717) is 17.1 Å². The second kappa shape index (κ2) is 5.71. The van der Waals surface area contributed by atoms with Crippen molar-refractivity contribution in [3.05, 3.63) is 28.7 Å². The van der Waals surface area contributed by atoms with Gasteiger partial charge in [0.15, 0.2) is 5.65 Å². The van der Waals surface area contributed by atoms with Gasteiger partial charge in [-0.15, -0.1) is 0 Å². The molecule has 1 aliphatic rings. The Morgan fingerprint density at radius 2 is 2.00 bits per heavy atom. The molecule has 3 heterocycles. The molecule has 5 nitrogen and oxygen atoms in total. The van der Waals surface area contributed by atoms with E-state index in [-0.39, 0.29) is 5.91 Å². The highest BCUT2D eigenvalue weighted by Gasteiger charge is 2.26. The number of amides is 1. The highest BCUT2D eigenvalue weighted by molar-refractivity contribution is 6.01. The monoisotopic (exact) mass is 300 g/mol. The quantitative estimate of drug-likeness (QED) is 0.813. The van der Waals surface area contributed by atoms with E-state index in [1.54, 1.807) is 4.52 Å². The van der Waals surface area contributed by atoms with E-state index >= 15 is 0 Å². The number of likely N-dealkylation sites (tertiary alicyclic amines) is 1. The highest BCUT2D eigenvalue weighted by atomic mass is 16.2. The summed E-state index contributed by atoms with van der Waals surface area (Å²) in [7, 11) is 0. The Bertz CT molecular complexity index is 719. The molecule has 1 saturated heterocycles. The molecule has 118 valence electrons. The van der Waals surface area contributed by atoms with Crippen LogP contribution in [0.25, 0.3) is 5.65 Å². The largest absolute Gasteiger partial charge is 0.338 e. The highest BCUT2D eigenvalue weighted by Crippen LogP contribution is 2.22. The van der Waals surface area contributed by atoms with Crippen LogP contribution in [-0.4, -0.2) is 38.5 Å². The fourth-order valence-corrected chi connectivity index (χ4v) is 3.30. The minimum atomic E-state index is 0.0825. The van der Waals surface area contributed by atoms with Crippen molar-refractivity contribution >= 4 is 11.6 Å². The van der Waals surface area contributed by atoms with Gasteiger partial charge in [0.05, 0.1) is 5.69 Å². The van der Waals surface area contributed by atoms with Gasteiger partial charge in [0.1, 0.15) is 5.56 Å². The first kappa shape index (κ1) is 15.0. The summed E-state index contributed by atoms with van der Waals surface area (Å²) in [5, 5.41) is 4.51. The van der Waals surface area contributed by atoms with E-state index in [1.807, 2.05) is 31.7 Å². The molecular weight excluding hydrogens is 276 g/mol. The summed E-state index contributed by atoms with van der Waals surface area (Å²) in [6.45, 7) is 9.79. The van der Waals surface area contributed by atoms with Crippen LogP contribution >= 0.6 is 0 Å². The number of rotatable bonds is 1. The lowest BCUT2D eigenvalue weighted by atomic mass is 10.0. The third-order valence-corrected chi connectivity index (χ3v) is 4.59. The van der Waals surface area contributed by atoms with Gasteiger partial charge in [-0.3, -0.25) is 4.79 Å². The molecule has 0 unspecified atom stereocenters. The topological polar surface area (TPSA) is 50.5 Å². The zero-order chi connectivity index (χ0) is 15.9. The molecule has 1 fully saturated rings. The summed E-state index contributed by atoms with van der Waals surface area (Å²) in [6.07, 6.45) is 3.36. The Morgan fingerprint density at radius 3 is 2.77 bits per heavy atom. The van der Waals surface area contributed by atoms with Crippen molar-refractivity contribution in [3.63, 3.8) is 0 Å². The van der Waals surface area contributed by atoms with Crippen molar-refractivity contribution in [2.75, 3.05) is 13.1 Å². The van der Waals surface area contributed by atoms with Gasteiger partial charge in [0.25, 0.3) is 5.91 Å². The lowest BCUT2D eigenvalue weighted by Crippen LogP contribution is -2.32. The fraction of sp³-hybridized carbons (Fsp3) is 0.588. The van der Waals surface area contributed by atoms with Crippen molar-refractivity contribution < 1.29 is 4.79 Å². The molecule has 0 radical (unpaired) electrons. The standard InChI is InChI=1S/C17H24N4O/c1-11-6-5-8-20(9-7-11)17(22)15-14(4)19-21-13(3)10-12(2)18-16(15)21/h10-11H,5-9H2,1-4H3/t11-/m1/s1. The van der Waals surface area contributed by atoms with Gasteiger partial charge < -0.3 is 4.90 Å². The van der Waals surface area contributed by atoms with Gasteiger partial charge in [0, 0.05) is 24.5 Å². The third-order valence-electron chi connectivity index (χ3n) is 4.59. The summed E-state index contributed by atoms with van der Waals surface area (Å²) in [4.78, 5) is 19.6. The first-order chi connectivity index (χ1) is 10.5. The molecule has 22 heavy (non-hydrogen) atoms. The number of hydrogen-bond donors (Lipinski definition) is 0. The molecule has 1 amide bonds. The number of nitrogens with zero attached hydrogens (tertiary/aromatic N) is 4. The molecule has 0 aromatic carbocycles. The van der Waals surface area contributed by atoms with E-state index in [1.165, 1.54) is 6.42 Å². The van der Waals surface area contributed by atoms with Crippen LogP contribution in [-0.2, 0) is 0 Å².